The van der Waals surface area contributed by atoms with Crippen LogP contribution in [0.5, 0.6) is 0 Å². The molecule has 2 aliphatic heterocycles. The second-order valence-electron chi connectivity index (χ2n) is 8.31. The summed E-state index contributed by atoms with van der Waals surface area (Å²) < 4.78 is 0. The van der Waals surface area contributed by atoms with Crippen LogP contribution in [0.4, 0.5) is 11.5 Å². The number of amides is 1. The van der Waals surface area contributed by atoms with Crippen LogP contribution in [0, 0.1) is 6.92 Å². The van der Waals surface area contributed by atoms with E-state index in [1.165, 1.54) is 11.3 Å². The standard InChI is InChI=1S/C23H28N6OS/c1-18-3-2-4-19(15-18)27-10-12-28(13-11-27)21(30)16-26-6-8-29(9-7-26)22-20-5-14-31-23(20)25-17-24-22/h2-5,14-15,17H,6-13,16H2,1H3. The number of anilines is 2. The number of hydrogen-bond acceptors (Lipinski definition) is 7. The van der Waals surface area contributed by atoms with Gasteiger partial charge < -0.3 is 14.7 Å². The summed E-state index contributed by atoms with van der Waals surface area (Å²) in [5, 5.41) is 3.19. The maximum atomic E-state index is 12.9. The second-order valence-corrected chi connectivity index (χ2v) is 9.20. The summed E-state index contributed by atoms with van der Waals surface area (Å²) >= 11 is 1.65. The minimum Gasteiger partial charge on any atom is -0.368 e. The Labute approximate surface area is 186 Å². The number of aryl methyl sites for hydroxylation is 1. The molecule has 1 aromatic carbocycles. The molecule has 0 N–H and O–H groups in total. The number of carbonyl (C=O) groups is 1. The average molecular weight is 437 g/mol. The smallest absolute Gasteiger partial charge is 0.236 e. The lowest BCUT2D eigenvalue weighted by Gasteiger charge is -2.39. The van der Waals surface area contributed by atoms with Crippen molar-refractivity contribution in [2.45, 2.75) is 6.92 Å². The van der Waals surface area contributed by atoms with Gasteiger partial charge in [0.1, 0.15) is 17.0 Å². The van der Waals surface area contributed by atoms with Crippen molar-refractivity contribution in [3.05, 3.63) is 47.6 Å². The molecule has 8 heteroatoms. The SMILES string of the molecule is Cc1cccc(N2CCN(C(=O)CN3CCN(c4ncnc5sccc45)CC3)CC2)c1. The normalized spacial score (nSPS) is 18.0. The van der Waals surface area contributed by atoms with E-state index in [2.05, 4.69) is 67.3 Å². The van der Waals surface area contributed by atoms with Crippen molar-refractivity contribution in [3.8, 4) is 0 Å². The van der Waals surface area contributed by atoms with Crippen molar-refractivity contribution in [1.82, 2.24) is 19.8 Å². The molecule has 3 aromatic rings. The second kappa shape index (κ2) is 8.80. The van der Waals surface area contributed by atoms with Crippen LogP contribution < -0.4 is 9.80 Å². The third kappa shape index (κ3) is 4.36. The molecule has 162 valence electrons. The van der Waals surface area contributed by atoms with Gasteiger partial charge in [-0.3, -0.25) is 9.69 Å². The van der Waals surface area contributed by atoms with Gasteiger partial charge in [0.05, 0.1) is 11.9 Å². The number of hydrogen-bond donors (Lipinski definition) is 0. The number of benzene rings is 1. The molecule has 4 heterocycles. The highest BCUT2D eigenvalue weighted by Crippen LogP contribution is 2.27. The number of nitrogens with zero attached hydrogens (tertiary/aromatic N) is 6. The first-order chi connectivity index (χ1) is 15.2. The first-order valence-corrected chi connectivity index (χ1v) is 11.8. The lowest BCUT2D eigenvalue weighted by atomic mass is 10.2. The van der Waals surface area contributed by atoms with Gasteiger partial charge in [0.15, 0.2) is 0 Å². The molecular formula is C23H28N6OS. The molecular weight excluding hydrogens is 408 g/mol. The summed E-state index contributed by atoms with van der Waals surface area (Å²) in [7, 11) is 0. The summed E-state index contributed by atoms with van der Waals surface area (Å²) in [5.41, 5.74) is 2.53. The fourth-order valence-electron chi connectivity index (χ4n) is 4.48. The van der Waals surface area contributed by atoms with Crippen LogP contribution in [0.15, 0.2) is 42.0 Å². The van der Waals surface area contributed by atoms with Crippen molar-refractivity contribution in [2.24, 2.45) is 0 Å². The molecule has 0 unspecified atom stereocenters. The third-order valence-electron chi connectivity index (χ3n) is 6.27. The Balaban J connectivity index is 1.12. The van der Waals surface area contributed by atoms with Crippen molar-refractivity contribution in [2.75, 3.05) is 68.7 Å². The zero-order valence-electron chi connectivity index (χ0n) is 17.9. The average Bonchev–Trinajstić information content (AvgIpc) is 3.29. The maximum absolute atomic E-state index is 12.9. The number of thiophene rings is 1. The number of fused-ring (bicyclic) bond motifs is 1. The van der Waals surface area contributed by atoms with Gasteiger partial charge in [0, 0.05) is 58.0 Å². The summed E-state index contributed by atoms with van der Waals surface area (Å²) in [6.07, 6.45) is 1.65. The predicted octanol–water partition coefficient (Wildman–Crippen LogP) is 2.47. The van der Waals surface area contributed by atoms with Gasteiger partial charge in [-0.05, 0) is 36.1 Å². The fraction of sp³-hybridized carbons (Fsp3) is 0.435. The minimum absolute atomic E-state index is 0.250. The molecule has 2 saturated heterocycles. The number of piperazine rings is 2. The van der Waals surface area contributed by atoms with Gasteiger partial charge >= 0.3 is 0 Å². The van der Waals surface area contributed by atoms with Crippen LogP contribution in [0.25, 0.3) is 10.2 Å². The molecule has 5 rings (SSSR count). The molecule has 7 nitrogen and oxygen atoms in total. The number of aromatic nitrogens is 2. The Bertz CT molecular complexity index is 1050. The molecule has 0 saturated carbocycles. The highest BCUT2D eigenvalue weighted by Gasteiger charge is 2.26. The lowest BCUT2D eigenvalue weighted by Crippen LogP contribution is -2.54. The quantitative estimate of drug-likeness (QED) is 0.626. The van der Waals surface area contributed by atoms with Gasteiger partial charge in [-0.25, -0.2) is 9.97 Å². The Kier molecular flexibility index (Phi) is 5.74. The highest BCUT2D eigenvalue weighted by atomic mass is 32.1. The van der Waals surface area contributed by atoms with Crippen molar-refractivity contribution in [1.29, 1.82) is 0 Å². The predicted molar refractivity (Wildman–Crippen MR) is 126 cm³/mol. The molecule has 0 spiro atoms. The molecule has 0 aliphatic carbocycles. The first-order valence-electron chi connectivity index (χ1n) is 10.9. The third-order valence-corrected chi connectivity index (χ3v) is 7.09. The molecule has 0 radical (unpaired) electrons. The van der Waals surface area contributed by atoms with Crippen LogP contribution in [-0.4, -0.2) is 84.6 Å². The van der Waals surface area contributed by atoms with E-state index in [1.54, 1.807) is 17.7 Å². The number of rotatable bonds is 4. The summed E-state index contributed by atoms with van der Waals surface area (Å²) in [4.78, 5) is 31.8. The Hall–Kier alpha value is -2.71. The Morgan fingerprint density at radius 2 is 1.74 bits per heavy atom. The van der Waals surface area contributed by atoms with Gasteiger partial charge in [0.25, 0.3) is 0 Å². The summed E-state index contributed by atoms with van der Waals surface area (Å²) in [5.74, 6) is 1.27. The van der Waals surface area contributed by atoms with E-state index in [4.69, 9.17) is 0 Å². The van der Waals surface area contributed by atoms with E-state index >= 15 is 0 Å². The number of carbonyl (C=O) groups excluding carboxylic acids is 1. The maximum Gasteiger partial charge on any atom is 0.236 e. The molecule has 2 aliphatic rings. The van der Waals surface area contributed by atoms with Crippen LogP contribution in [0.2, 0.25) is 0 Å². The molecule has 31 heavy (non-hydrogen) atoms. The summed E-state index contributed by atoms with van der Waals surface area (Å²) in [6.45, 7) is 9.54. The van der Waals surface area contributed by atoms with E-state index in [-0.39, 0.29) is 5.91 Å². The molecule has 0 atom stereocenters. The largest absolute Gasteiger partial charge is 0.368 e. The van der Waals surface area contributed by atoms with Gasteiger partial charge in [-0.15, -0.1) is 11.3 Å². The molecule has 2 aromatic heterocycles. The molecule has 1 amide bonds. The van der Waals surface area contributed by atoms with Gasteiger partial charge in [0.2, 0.25) is 5.91 Å². The van der Waals surface area contributed by atoms with E-state index < -0.39 is 0 Å². The lowest BCUT2D eigenvalue weighted by molar-refractivity contribution is -0.132. The highest BCUT2D eigenvalue weighted by molar-refractivity contribution is 7.16. The van der Waals surface area contributed by atoms with Crippen LogP contribution in [-0.2, 0) is 4.79 Å². The van der Waals surface area contributed by atoms with Crippen LogP contribution in [0.3, 0.4) is 0 Å². The fourth-order valence-corrected chi connectivity index (χ4v) is 5.20. The van der Waals surface area contributed by atoms with Crippen molar-refractivity contribution in [3.63, 3.8) is 0 Å². The van der Waals surface area contributed by atoms with Gasteiger partial charge in [-0.1, -0.05) is 12.1 Å². The van der Waals surface area contributed by atoms with E-state index in [1.807, 2.05) is 4.90 Å². The summed E-state index contributed by atoms with van der Waals surface area (Å²) in [6, 6.07) is 10.7. The first kappa shape index (κ1) is 20.2. The van der Waals surface area contributed by atoms with Crippen LogP contribution in [0.1, 0.15) is 5.56 Å². The zero-order valence-corrected chi connectivity index (χ0v) is 18.7. The van der Waals surface area contributed by atoms with E-state index in [0.717, 1.165) is 68.4 Å². The van der Waals surface area contributed by atoms with E-state index in [9.17, 15) is 4.79 Å². The molecule has 0 bridgehead atoms. The minimum atomic E-state index is 0.250. The molecule has 2 fully saturated rings. The topological polar surface area (TPSA) is 55.8 Å². The monoisotopic (exact) mass is 436 g/mol. The van der Waals surface area contributed by atoms with Crippen molar-refractivity contribution < 1.29 is 4.79 Å². The van der Waals surface area contributed by atoms with Crippen molar-refractivity contribution >= 4 is 39.0 Å². The zero-order chi connectivity index (χ0) is 21.2. The Morgan fingerprint density at radius 1 is 0.968 bits per heavy atom. The van der Waals surface area contributed by atoms with Gasteiger partial charge in [-0.2, -0.15) is 0 Å². The van der Waals surface area contributed by atoms with Crippen LogP contribution >= 0.6 is 11.3 Å². The Morgan fingerprint density at radius 3 is 2.52 bits per heavy atom. The van der Waals surface area contributed by atoms with E-state index in [0.29, 0.717) is 6.54 Å².